The van der Waals surface area contributed by atoms with Crippen LogP contribution >= 0.6 is 12.4 Å². The molecule has 4 aromatic rings. The Bertz CT molecular complexity index is 2640. The van der Waals surface area contributed by atoms with Gasteiger partial charge in [-0.05, 0) is 96.0 Å². The van der Waals surface area contributed by atoms with Crippen LogP contribution in [0.5, 0.6) is 0 Å². The molecule has 2 heterocycles. The number of carbonyl (C=O) groups is 3. The Hall–Kier alpha value is -5.52. The van der Waals surface area contributed by atoms with Crippen molar-refractivity contribution in [2.45, 2.75) is 89.8 Å². The molecule has 0 radical (unpaired) electrons. The Balaban J connectivity index is 0.000000470. The van der Waals surface area contributed by atoms with Crippen molar-refractivity contribution in [3.63, 3.8) is 0 Å². The van der Waals surface area contributed by atoms with Gasteiger partial charge in [-0.15, -0.1) is 12.4 Å². The number of nitrogens with one attached hydrogen (secondary N) is 1. The second-order valence-electron chi connectivity index (χ2n) is 16.2. The number of hydrogen-bond acceptors (Lipinski definition) is 13. The van der Waals surface area contributed by atoms with Crippen molar-refractivity contribution in [3.8, 4) is 0 Å². The molecule has 0 aliphatic heterocycles. The number of allylic oxidation sites excluding steroid dienone is 2. The van der Waals surface area contributed by atoms with E-state index in [1.165, 1.54) is 74.0 Å². The maximum absolute atomic E-state index is 14.6. The van der Waals surface area contributed by atoms with Crippen molar-refractivity contribution in [3.05, 3.63) is 117 Å². The van der Waals surface area contributed by atoms with Crippen LogP contribution in [-0.4, -0.2) is 123 Å². The topological polar surface area (TPSA) is 227 Å². The summed E-state index contributed by atoms with van der Waals surface area (Å²) in [6.45, 7) is 11.9. The maximum atomic E-state index is 14.6. The monoisotopic (exact) mass is 1010 g/mol. The van der Waals surface area contributed by atoms with Crippen LogP contribution in [0.2, 0.25) is 0 Å². The van der Waals surface area contributed by atoms with Crippen LogP contribution in [-0.2, 0) is 60.2 Å². The Labute approximate surface area is 404 Å². The van der Waals surface area contributed by atoms with Crippen LogP contribution < -0.4 is 11.1 Å². The van der Waals surface area contributed by atoms with Gasteiger partial charge in [0.15, 0.2) is 11.4 Å². The molecule has 0 bridgehead atoms. The van der Waals surface area contributed by atoms with Gasteiger partial charge < -0.3 is 25.3 Å². The summed E-state index contributed by atoms with van der Waals surface area (Å²) in [7, 11) is -1.28. The van der Waals surface area contributed by atoms with Gasteiger partial charge in [0.25, 0.3) is 0 Å². The molecule has 3 N–H and O–H groups in total. The number of alkyl carbamates (subject to hydrolysis) is 1. The largest absolute Gasteiger partial charge is 0.461 e. The summed E-state index contributed by atoms with van der Waals surface area (Å²) in [4.78, 5) is 37.0. The zero-order valence-corrected chi connectivity index (χ0v) is 42.7. The Morgan fingerprint density at radius 2 is 1.07 bits per heavy atom. The molecule has 1 amide bonds. The Morgan fingerprint density at radius 1 is 0.706 bits per heavy atom. The van der Waals surface area contributed by atoms with E-state index in [4.69, 9.17) is 19.9 Å². The second kappa shape index (κ2) is 25.7. The SMILES string of the molecule is CCOC(=O)c1nn(C/C(F)=C/CN)c(C)c1Cc1ccc(S(=O)(=O)N(C)C)cc1.CCOC(=O)c1nn(C/C(F)=C/CNC(=O)OC(C)(C)C)c(C)c1Cc1ccc(S(=O)(=O)N(C)C)cc1.Cl. The number of rotatable bonds is 19. The molecule has 0 saturated heterocycles. The molecule has 0 aliphatic rings. The minimum absolute atomic E-state index is 0. The van der Waals surface area contributed by atoms with Crippen LogP contribution in [0.1, 0.15) is 89.2 Å². The first-order valence-corrected chi connectivity index (χ1v) is 24.0. The van der Waals surface area contributed by atoms with Crippen LogP contribution in [0.3, 0.4) is 0 Å². The van der Waals surface area contributed by atoms with Gasteiger partial charge in [-0.3, -0.25) is 9.36 Å². The number of aromatic nitrogens is 4. The fourth-order valence-corrected chi connectivity index (χ4v) is 7.92. The quantitative estimate of drug-likeness (QED) is 0.0809. The average molecular weight is 1010 g/mol. The number of ether oxygens (including phenoxy) is 3. The van der Waals surface area contributed by atoms with E-state index in [1.807, 2.05) is 0 Å². The number of benzene rings is 2. The summed E-state index contributed by atoms with van der Waals surface area (Å²) in [5.74, 6) is -2.25. The van der Waals surface area contributed by atoms with Crippen molar-refractivity contribution in [2.24, 2.45) is 5.73 Å². The molecule has 0 unspecified atom stereocenters. The highest BCUT2D eigenvalue weighted by atomic mass is 35.5. The molecule has 4 rings (SSSR count). The Morgan fingerprint density at radius 3 is 1.40 bits per heavy atom. The van der Waals surface area contributed by atoms with Gasteiger partial charge in [0.2, 0.25) is 20.0 Å². The predicted molar refractivity (Wildman–Crippen MR) is 255 cm³/mol. The summed E-state index contributed by atoms with van der Waals surface area (Å²) in [5, 5.41) is 11.0. The molecule has 0 spiro atoms. The average Bonchev–Trinajstić information content (AvgIpc) is 3.71. The number of esters is 2. The number of nitrogens with zero attached hydrogens (tertiary/aromatic N) is 6. The highest BCUT2D eigenvalue weighted by Gasteiger charge is 2.25. The zero-order chi connectivity index (χ0) is 50.4. The normalized spacial score (nSPS) is 12.3. The fraction of sp³-hybridized carbons (Fsp3) is 0.444. The van der Waals surface area contributed by atoms with Gasteiger partial charge in [0.1, 0.15) is 17.3 Å². The second-order valence-corrected chi connectivity index (χ2v) is 20.5. The third-order valence-corrected chi connectivity index (χ3v) is 13.3. The lowest BCUT2D eigenvalue weighted by atomic mass is 10.0. The van der Waals surface area contributed by atoms with Gasteiger partial charge in [-0.1, -0.05) is 24.3 Å². The van der Waals surface area contributed by atoms with Crippen molar-refractivity contribution in [1.29, 1.82) is 0 Å². The number of hydrogen-bond donors (Lipinski definition) is 2. The number of nitrogens with two attached hydrogens (primary N) is 1. The van der Waals surface area contributed by atoms with Gasteiger partial charge in [0.05, 0.1) is 36.1 Å². The van der Waals surface area contributed by atoms with Gasteiger partial charge in [-0.2, -0.15) is 10.2 Å². The van der Waals surface area contributed by atoms with Gasteiger partial charge in [-0.25, -0.2) is 48.6 Å². The molecule has 23 heteroatoms. The molecule has 0 fully saturated rings. The molecular formula is C45H63ClF2N8O10S2. The van der Waals surface area contributed by atoms with Crippen molar-refractivity contribution in [1.82, 2.24) is 33.5 Å². The van der Waals surface area contributed by atoms with Gasteiger partial charge >= 0.3 is 18.0 Å². The first kappa shape index (κ1) is 58.6. The lowest BCUT2D eigenvalue weighted by Gasteiger charge is -2.19. The lowest BCUT2D eigenvalue weighted by molar-refractivity contribution is 0.0508. The molecule has 68 heavy (non-hydrogen) atoms. The van der Waals surface area contributed by atoms with E-state index >= 15 is 0 Å². The third kappa shape index (κ3) is 16.3. The molecule has 0 saturated carbocycles. The van der Waals surface area contributed by atoms with E-state index in [2.05, 4.69) is 15.5 Å². The van der Waals surface area contributed by atoms with E-state index in [0.29, 0.717) is 28.9 Å². The molecule has 0 atom stereocenters. The summed E-state index contributed by atoms with van der Waals surface area (Å²) >= 11 is 0. The fourth-order valence-electron chi connectivity index (χ4n) is 6.12. The van der Waals surface area contributed by atoms with Crippen molar-refractivity contribution < 1.29 is 54.2 Å². The predicted octanol–water partition coefficient (Wildman–Crippen LogP) is 6.03. The summed E-state index contributed by atoms with van der Waals surface area (Å²) < 4.78 is 98.0. The number of amides is 1. The number of halogens is 3. The van der Waals surface area contributed by atoms with Crippen molar-refractivity contribution >= 4 is 50.5 Å². The first-order chi connectivity index (χ1) is 31.3. The molecule has 2 aromatic carbocycles. The van der Waals surface area contributed by atoms with E-state index in [9.17, 15) is 40.0 Å². The number of carbonyl (C=O) groups excluding carboxylic acids is 3. The molecular weight excluding hydrogens is 950 g/mol. The lowest BCUT2D eigenvalue weighted by Crippen LogP contribution is -2.32. The van der Waals surface area contributed by atoms with E-state index in [-0.39, 0.29) is 79.4 Å². The molecule has 2 aromatic heterocycles. The summed E-state index contributed by atoms with van der Waals surface area (Å²) in [5.41, 5.74) is 8.67. The summed E-state index contributed by atoms with van der Waals surface area (Å²) in [6.07, 6.45) is 2.34. The first-order valence-electron chi connectivity index (χ1n) is 21.1. The molecule has 376 valence electrons. The minimum Gasteiger partial charge on any atom is -0.461 e. The van der Waals surface area contributed by atoms with Crippen molar-refractivity contribution in [2.75, 3.05) is 54.5 Å². The highest BCUT2D eigenvalue weighted by Crippen LogP contribution is 2.24. The minimum atomic E-state index is -3.57. The number of sulfonamides is 2. The third-order valence-electron chi connectivity index (χ3n) is 9.67. The van der Waals surface area contributed by atoms with Crippen LogP contribution in [0.4, 0.5) is 13.6 Å². The van der Waals surface area contributed by atoms with E-state index in [0.717, 1.165) is 19.7 Å². The van der Waals surface area contributed by atoms with Crippen LogP contribution in [0, 0.1) is 13.8 Å². The van der Waals surface area contributed by atoms with E-state index < -0.39 is 55.3 Å². The molecule has 0 aliphatic carbocycles. The van der Waals surface area contributed by atoms with E-state index in [1.54, 1.807) is 72.7 Å². The standard InChI is InChI=1S/C25H35FN4O6S.C20H27FN4O4S.ClH/c1-8-35-23(31)22-21(15-18-9-11-20(12-10-18)37(33,34)29(6)7)17(2)30(28-22)16-19(26)13-14-27-24(32)36-25(3,4)5;1-5-29-20(26)19-18(14(2)25(23-19)13-16(21)10-11-22)12-15-6-8-17(9-7-15)30(27,28)24(3)4;/h9-13H,8,14-16H2,1-7H3,(H,27,32);6-10H,5,11-13,22H2,1-4H3;1H/b19-13-;16-10-;. The molecule has 18 nitrogen and oxygen atoms in total. The maximum Gasteiger partial charge on any atom is 0.407 e. The van der Waals surface area contributed by atoms with Gasteiger partial charge in [0, 0.05) is 76.6 Å². The summed E-state index contributed by atoms with van der Waals surface area (Å²) in [6, 6.07) is 12.7. The van der Waals surface area contributed by atoms with Crippen LogP contribution in [0.15, 0.2) is 82.1 Å². The zero-order valence-electron chi connectivity index (χ0n) is 40.3. The highest BCUT2D eigenvalue weighted by molar-refractivity contribution is 7.89. The van der Waals surface area contributed by atoms with Crippen LogP contribution in [0.25, 0.3) is 0 Å². The smallest absolute Gasteiger partial charge is 0.407 e. The Kier molecular flexibility index (Phi) is 22.2.